The van der Waals surface area contributed by atoms with Crippen molar-refractivity contribution in [1.82, 2.24) is 0 Å². The number of benzene rings is 2. The third-order valence-electron chi connectivity index (χ3n) is 10.4. The van der Waals surface area contributed by atoms with E-state index in [1.807, 2.05) is 24.3 Å². The highest BCUT2D eigenvalue weighted by atomic mass is 16.5. The first-order chi connectivity index (χ1) is 26.6. The first-order valence-corrected chi connectivity index (χ1v) is 22.5. The fraction of sp³-hybridized carbons (Fsp3) is 0.708. The first kappa shape index (κ1) is 47.1. The molecule has 0 bridgehead atoms. The first-order valence-electron chi connectivity index (χ1n) is 22.5. The van der Waals surface area contributed by atoms with Crippen molar-refractivity contribution < 1.29 is 19.7 Å². The van der Waals surface area contributed by atoms with Crippen molar-refractivity contribution in [3.8, 4) is 23.0 Å². The monoisotopic (exact) mass is 749 g/mol. The quantitative estimate of drug-likeness (QED) is 0.0532. The summed E-state index contributed by atoms with van der Waals surface area (Å²) in [6.07, 6.45) is 40.9. The van der Waals surface area contributed by atoms with E-state index < -0.39 is 0 Å². The molecule has 0 unspecified atom stereocenters. The van der Waals surface area contributed by atoms with Crippen LogP contribution in [0.15, 0.2) is 46.4 Å². The number of unbranched alkanes of at least 4 members (excludes halogenated alkanes) is 26. The molecule has 0 amide bonds. The zero-order chi connectivity index (χ0) is 38.6. The summed E-state index contributed by atoms with van der Waals surface area (Å²) in [5, 5.41) is 20.6. The summed E-state index contributed by atoms with van der Waals surface area (Å²) in [5.41, 5.74) is 1.28. The maximum absolute atomic E-state index is 10.3. The molecule has 0 fully saturated rings. The summed E-state index contributed by atoms with van der Waals surface area (Å²) >= 11 is 0. The minimum atomic E-state index is 0.182. The highest BCUT2D eigenvalue weighted by molar-refractivity contribution is 5.85. The van der Waals surface area contributed by atoms with E-state index in [1.165, 1.54) is 167 Å². The Labute approximate surface area is 331 Å². The van der Waals surface area contributed by atoms with Gasteiger partial charge in [-0.05, 0) is 49.2 Å². The van der Waals surface area contributed by atoms with Gasteiger partial charge in [0.05, 0.1) is 26.3 Å². The van der Waals surface area contributed by atoms with Gasteiger partial charge in [0.15, 0.2) is 0 Å². The lowest BCUT2D eigenvalue weighted by molar-refractivity contribution is 0.303. The van der Waals surface area contributed by atoms with Crippen LogP contribution >= 0.6 is 0 Å². The average Bonchev–Trinajstić information content (AvgIpc) is 3.18. The Morgan fingerprint density at radius 2 is 0.685 bits per heavy atom. The maximum atomic E-state index is 10.3. The summed E-state index contributed by atoms with van der Waals surface area (Å²) in [6.45, 7) is 6.87. The van der Waals surface area contributed by atoms with Gasteiger partial charge in [-0.2, -0.15) is 0 Å². The predicted molar refractivity (Wildman–Crippen MR) is 233 cm³/mol. The Bertz CT molecular complexity index is 1120. The second-order valence-electron chi connectivity index (χ2n) is 15.4. The molecule has 0 aromatic heterocycles. The van der Waals surface area contributed by atoms with Gasteiger partial charge in [0.1, 0.15) is 23.0 Å². The molecule has 0 aliphatic carbocycles. The summed E-state index contributed by atoms with van der Waals surface area (Å²) in [5.74, 6) is 1.87. The SMILES string of the molecule is CCCCCCCCCCCCCCCCOc1ccc(O)c(C=NCCN=Cc2cc(OCCCCCCCCCCCCCCCC)ccc2O)c1. The summed E-state index contributed by atoms with van der Waals surface area (Å²) in [6, 6.07) is 10.6. The molecule has 0 aliphatic rings. The van der Waals surface area contributed by atoms with E-state index in [4.69, 9.17) is 9.47 Å². The fourth-order valence-electron chi connectivity index (χ4n) is 6.87. The molecule has 0 heterocycles. The Morgan fingerprint density at radius 1 is 0.407 bits per heavy atom. The van der Waals surface area contributed by atoms with Crippen molar-refractivity contribution in [3.63, 3.8) is 0 Å². The fourth-order valence-corrected chi connectivity index (χ4v) is 6.87. The number of nitrogens with zero attached hydrogens (tertiary/aromatic N) is 2. The van der Waals surface area contributed by atoms with Gasteiger partial charge in [-0.25, -0.2) is 0 Å². The molecule has 2 N–H and O–H groups in total. The third-order valence-corrected chi connectivity index (χ3v) is 10.4. The van der Waals surface area contributed by atoms with E-state index in [1.54, 1.807) is 24.6 Å². The molecule has 306 valence electrons. The van der Waals surface area contributed by atoms with Gasteiger partial charge >= 0.3 is 0 Å². The van der Waals surface area contributed by atoms with E-state index in [0.717, 1.165) is 24.3 Å². The molecule has 54 heavy (non-hydrogen) atoms. The standard InChI is InChI=1S/C48H80N2O4/c1-3-5-7-9-11-13-15-17-19-21-23-25-27-29-37-53-45-31-33-47(51)43(39-45)41-49-35-36-50-42-44-40-46(32-34-48(44)52)54-38-30-28-26-24-22-20-18-16-14-12-10-8-6-4-2/h31-34,39-42,51-52H,3-30,35-38H2,1-2H3. The van der Waals surface area contributed by atoms with Crippen molar-refractivity contribution >= 4 is 12.4 Å². The lowest BCUT2D eigenvalue weighted by Crippen LogP contribution is -1.98. The van der Waals surface area contributed by atoms with Crippen LogP contribution in [0.5, 0.6) is 23.0 Å². The molecular weight excluding hydrogens is 669 g/mol. The minimum absolute atomic E-state index is 0.182. The van der Waals surface area contributed by atoms with Gasteiger partial charge in [0.25, 0.3) is 0 Å². The summed E-state index contributed by atoms with van der Waals surface area (Å²) < 4.78 is 11.9. The van der Waals surface area contributed by atoms with E-state index in [-0.39, 0.29) is 11.5 Å². The highest BCUT2D eigenvalue weighted by Crippen LogP contribution is 2.24. The molecule has 0 spiro atoms. The number of aromatic hydroxyl groups is 2. The van der Waals surface area contributed by atoms with Crippen LogP contribution < -0.4 is 9.47 Å². The summed E-state index contributed by atoms with van der Waals surface area (Å²) in [4.78, 5) is 8.91. The Hall–Kier alpha value is -3.02. The molecule has 6 heteroatoms. The normalized spacial score (nSPS) is 11.7. The van der Waals surface area contributed by atoms with Gasteiger partial charge in [-0.1, -0.05) is 181 Å². The summed E-state index contributed by atoms with van der Waals surface area (Å²) in [7, 11) is 0. The van der Waals surface area contributed by atoms with Crippen molar-refractivity contribution in [2.24, 2.45) is 9.98 Å². The van der Waals surface area contributed by atoms with E-state index in [2.05, 4.69) is 23.8 Å². The predicted octanol–water partition coefficient (Wildman–Crippen LogP) is 14.4. The smallest absolute Gasteiger partial charge is 0.124 e. The van der Waals surface area contributed by atoms with Crippen LogP contribution in [-0.2, 0) is 0 Å². The molecule has 0 saturated heterocycles. The Kier molecular flexibility index (Phi) is 30.1. The highest BCUT2D eigenvalue weighted by Gasteiger charge is 2.04. The van der Waals surface area contributed by atoms with Gasteiger partial charge in [-0.3, -0.25) is 9.98 Å². The lowest BCUT2D eigenvalue weighted by Gasteiger charge is -2.08. The molecular formula is C48H80N2O4. The van der Waals surface area contributed by atoms with Gasteiger partial charge < -0.3 is 19.7 Å². The van der Waals surface area contributed by atoms with Gasteiger partial charge in [0.2, 0.25) is 0 Å². The molecule has 0 aliphatic heterocycles. The van der Waals surface area contributed by atoms with Crippen LogP contribution in [0.2, 0.25) is 0 Å². The van der Waals surface area contributed by atoms with Crippen LogP contribution in [0.25, 0.3) is 0 Å². The molecule has 2 rings (SSSR count). The van der Waals surface area contributed by atoms with Crippen LogP contribution in [-0.4, -0.2) is 48.9 Å². The van der Waals surface area contributed by atoms with Gasteiger partial charge in [-0.15, -0.1) is 0 Å². The van der Waals surface area contributed by atoms with Crippen molar-refractivity contribution in [1.29, 1.82) is 0 Å². The second kappa shape index (κ2) is 34.5. The average molecular weight is 749 g/mol. The van der Waals surface area contributed by atoms with E-state index >= 15 is 0 Å². The number of hydrogen-bond donors (Lipinski definition) is 2. The van der Waals surface area contributed by atoms with Crippen molar-refractivity contribution in [2.45, 2.75) is 194 Å². The maximum Gasteiger partial charge on any atom is 0.124 e. The van der Waals surface area contributed by atoms with Crippen LogP contribution in [0.3, 0.4) is 0 Å². The Morgan fingerprint density at radius 3 is 0.981 bits per heavy atom. The topological polar surface area (TPSA) is 83.6 Å². The van der Waals surface area contributed by atoms with E-state index in [0.29, 0.717) is 37.4 Å². The number of aliphatic imine (C=N–C) groups is 2. The zero-order valence-electron chi connectivity index (χ0n) is 34.9. The molecule has 6 nitrogen and oxygen atoms in total. The number of phenolic OH excluding ortho intramolecular Hbond substituents is 2. The van der Waals surface area contributed by atoms with Crippen LogP contribution in [0, 0.1) is 0 Å². The molecule has 0 saturated carbocycles. The zero-order valence-corrected chi connectivity index (χ0v) is 34.9. The van der Waals surface area contributed by atoms with Crippen molar-refractivity contribution in [3.05, 3.63) is 47.5 Å². The molecule has 0 radical (unpaired) electrons. The van der Waals surface area contributed by atoms with Crippen molar-refractivity contribution in [2.75, 3.05) is 26.3 Å². The minimum Gasteiger partial charge on any atom is -0.507 e. The lowest BCUT2D eigenvalue weighted by atomic mass is 10.0. The van der Waals surface area contributed by atoms with E-state index in [9.17, 15) is 10.2 Å². The number of hydrogen-bond acceptors (Lipinski definition) is 6. The number of phenols is 2. The molecule has 2 aromatic rings. The largest absolute Gasteiger partial charge is 0.507 e. The van der Waals surface area contributed by atoms with Crippen LogP contribution in [0.1, 0.15) is 205 Å². The Balaban J connectivity index is 1.52. The molecule has 2 aromatic carbocycles. The number of ether oxygens (including phenoxy) is 2. The second-order valence-corrected chi connectivity index (χ2v) is 15.4. The number of rotatable bonds is 37. The van der Waals surface area contributed by atoms with Gasteiger partial charge in [0, 0.05) is 23.6 Å². The van der Waals surface area contributed by atoms with Crippen LogP contribution in [0.4, 0.5) is 0 Å². The molecule has 0 atom stereocenters. The third kappa shape index (κ3) is 25.9.